The summed E-state index contributed by atoms with van der Waals surface area (Å²) < 4.78 is 5.26. The van der Waals surface area contributed by atoms with Crippen molar-refractivity contribution in [3.8, 4) is 17.5 Å². The van der Waals surface area contributed by atoms with Crippen molar-refractivity contribution in [1.82, 2.24) is 15.0 Å². The summed E-state index contributed by atoms with van der Waals surface area (Å²) in [6, 6.07) is 11.1. The maximum atomic E-state index is 9.13. The van der Waals surface area contributed by atoms with Crippen molar-refractivity contribution in [2.45, 2.75) is 0 Å². The average molecular weight is 335 g/mol. The number of aliphatic hydroxyl groups excluding tert-OH is 1. The molecular formula is C18H17N5O2. The third kappa shape index (κ3) is 4.07. The molecule has 2 N–H and O–H groups in total. The van der Waals surface area contributed by atoms with Crippen molar-refractivity contribution in [3.63, 3.8) is 0 Å². The molecule has 0 radical (unpaired) electrons. The van der Waals surface area contributed by atoms with E-state index in [-0.39, 0.29) is 6.61 Å². The summed E-state index contributed by atoms with van der Waals surface area (Å²) in [4.78, 5) is 13.2. The van der Waals surface area contributed by atoms with Gasteiger partial charge in [0, 0.05) is 29.9 Å². The first kappa shape index (κ1) is 16.8. The summed E-state index contributed by atoms with van der Waals surface area (Å²) in [5, 5.41) is 21.9. The van der Waals surface area contributed by atoms with Gasteiger partial charge in [-0.05, 0) is 30.3 Å². The van der Waals surface area contributed by atoms with Crippen LogP contribution in [0.1, 0.15) is 5.56 Å². The number of nitrogens with zero attached hydrogens (tertiary/aromatic N) is 4. The number of rotatable bonds is 7. The highest BCUT2D eigenvalue weighted by molar-refractivity contribution is 5.91. The zero-order valence-electron chi connectivity index (χ0n) is 13.5. The fourth-order valence-electron chi connectivity index (χ4n) is 2.37. The maximum absolute atomic E-state index is 9.13. The van der Waals surface area contributed by atoms with Crippen LogP contribution in [0, 0.1) is 11.3 Å². The lowest BCUT2D eigenvalue weighted by molar-refractivity contribution is 0.0992. The Bertz CT molecular complexity index is 893. The van der Waals surface area contributed by atoms with Gasteiger partial charge >= 0.3 is 0 Å². The van der Waals surface area contributed by atoms with Gasteiger partial charge in [0.1, 0.15) is 5.82 Å². The first-order valence-corrected chi connectivity index (χ1v) is 7.86. The van der Waals surface area contributed by atoms with Crippen molar-refractivity contribution in [2.75, 3.05) is 31.7 Å². The van der Waals surface area contributed by atoms with E-state index in [1.807, 2.05) is 18.2 Å². The number of nitrogens with one attached hydrogen (secondary N) is 1. The lowest BCUT2D eigenvalue weighted by Crippen LogP contribution is -2.13. The number of anilines is 1. The Hall–Kier alpha value is -3.08. The highest BCUT2D eigenvalue weighted by Gasteiger charge is 2.10. The van der Waals surface area contributed by atoms with Crippen molar-refractivity contribution in [2.24, 2.45) is 0 Å². The molecule has 0 aliphatic carbocycles. The Kier molecular flexibility index (Phi) is 5.46. The van der Waals surface area contributed by atoms with Crippen LogP contribution < -0.4 is 5.32 Å². The van der Waals surface area contributed by atoms with E-state index in [0.29, 0.717) is 37.0 Å². The number of fused-ring (bicyclic) bond motifs is 1. The second-order valence-electron chi connectivity index (χ2n) is 5.24. The molecule has 25 heavy (non-hydrogen) atoms. The van der Waals surface area contributed by atoms with Crippen LogP contribution in [0.2, 0.25) is 0 Å². The van der Waals surface area contributed by atoms with E-state index in [1.165, 1.54) is 0 Å². The van der Waals surface area contributed by atoms with Crippen molar-refractivity contribution in [3.05, 3.63) is 48.3 Å². The summed E-state index contributed by atoms with van der Waals surface area (Å²) in [6.07, 6.45) is 3.38. The molecule has 1 aromatic carbocycles. The number of hydrogen-bond donors (Lipinski definition) is 2. The van der Waals surface area contributed by atoms with Crippen LogP contribution in [0.15, 0.2) is 42.7 Å². The molecule has 0 bridgehead atoms. The van der Waals surface area contributed by atoms with Gasteiger partial charge in [0.15, 0.2) is 5.82 Å². The topological polar surface area (TPSA) is 104 Å². The van der Waals surface area contributed by atoms with Gasteiger partial charge in [-0.15, -0.1) is 0 Å². The quantitative estimate of drug-likeness (QED) is 0.636. The molecule has 0 atom stereocenters. The lowest BCUT2D eigenvalue weighted by atomic mass is 10.1. The zero-order chi connectivity index (χ0) is 17.5. The second kappa shape index (κ2) is 8.15. The Morgan fingerprint density at radius 3 is 2.72 bits per heavy atom. The molecule has 3 aromatic rings. The van der Waals surface area contributed by atoms with Crippen LogP contribution in [0.5, 0.6) is 0 Å². The van der Waals surface area contributed by atoms with E-state index in [9.17, 15) is 0 Å². The molecule has 0 aliphatic heterocycles. The summed E-state index contributed by atoms with van der Waals surface area (Å²) in [7, 11) is 0. The standard InChI is InChI=1S/C18H17N5O2/c19-12-13-1-2-16-15(11-13)18(21-7-9-25-10-8-24)23-17(22-16)14-3-5-20-6-4-14/h1-6,11,24H,7-10H2,(H,21,22,23). The van der Waals surface area contributed by atoms with E-state index in [2.05, 4.69) is 26.3 Å². The number of aromatic nitrogens is 3. The third-order valence-corrected chi connectivity index (χ3v) is 3.54. The van der Waals surface area contributed by atoms with Crippen LogP contribution in [0.3, 0.4) is 0 Å². The number of aliphatic hydroxyl groups is 1. The molecule has 0 saturated carbocycles. The van der Waals surface area contributed by atoms with Crippen LogP contribution in [-0.2, 0) is 4.74 Å². The molecule has 7 nitrogen and oxygen atoms in total. The molecular weight excluding hydrogens is 318 g/mol. The molecule has 126 valence electrons. The zero-order valence-corrected chi connectivity index (χ0v) is 13.5. The number of nitriles is 1. The Morgan fingerprint density at radius 1 is 1.12 bits per heavy atom. The molecule has 2 heterocycles. The van der Waals surface area contributed by atoms with Crippen LogP contribution in [0.4, 0.5) is 5.82 Å². The normalized spacial score (nSPS) is 10.6. The molecule has 3 rings (SSSR count). The largest absolute Gasteiger partial charge is 0.394 e. The minimum absolute atomic E-state index is 0.00580. The van der Waals surface area contributed by atoms with Gasteiger partial charge in [0.05, 0.1) is 37.0 Å². The second-order valence-corrected chi connectivity index (χ2v) is 5.24. The number of hydrogen-bond acceptors (Lipinski definition) is 7. The van der Waals surface area contributed by atoms with Gasteiger partial charge in [-0.2, -0.15) is 5.26 Å². The Labute approximate surface area is 145 Å². The van der Waals surface area contributed by atoms with E-state index < -0.39 is 0 Å². The smallest absolute Gasteiger partial charge is 0.162 e. The maximum Gasteiger partial charge on any atom is 0.162 e. The summed E-state index contributed by atoms with van der Waals surface area (Å²) in [6.45, 7) is 1.26. The lowest BCUT2D eigenvalue weighted by Gasteiger charge is -2.11. The monoisotopic (exact) mass is 335 g/mol. The molecule has 0 aliphatic rings. The van der Waals surface area contributed by atoms with Crippen LogP contribution in [-0.4, -0.2) is 46.4 Å². The van der Waals surface area contributed by atoms with Gasteiger partial charge in [-0.25, -0.2) is 9.97 Å². The van der Waals surface area contributed by atoms with Gasteiger partial charge < -0.3 is 15.2 Å². The SMILES string of the molecule is N#Cc1ccc2nc(-c3ccncc3)nc(NCCOCCO)c2c1. The minimum Gasteiger partial charge on any atom is -0.394 e. The van der Waals surface area contributed by atoms with Gasteiger partial charge in [0.25, 0.3) is 0 Å². The molecule has 0 spiro atoms. The first-order valence-electron chi connectivity index (χ1n) is 7.86. The average Bonchev–Trinajstić information content (AvgIpc) is 2.68. The van der Waals surface area contributed by atoms with Crippen molar-refractivity contribution >= 4 is 16.7 Å². The summed E-state index contributed by atoms with van der Waals surface area (Å²) >= 11 is 0. The molecule has 2 aromatic heterocycles. The van der Waals surface area contributed by atoms with Crippen molar-refractivity contribution < 1.29 is 9.84 Å². The van der Waals surface area contributed by atoms with Gasteiger partial charge in [0.2, 0.25) is 0 Å². The summed E-state index contributed by atoms with van der Waals surface area (Å²) in [5.74, 6) is 1.22. The van der Waals surface area contributed by atoms with E-state index in [1.54, 1.807) is 24.5 Å². The van der Waals surface area contributed by atoms with Gasteiger partial charge in [-0.1, -0.05) is 0 Å². The Balaban J connectivity index is 1.96. The minimum atomic E-state index is -0.00580. The molecule has 7 heteroatoms. The number of pyridine rings is 1. The molecule has 0 amide bonds. The van der Waals surface area contributed by atoms with Crippen LogP contribution >= 0.6 is 0 Å². The van der Waals surface area contributed by atoms with E-state index in [4.69, 9.17) is 15.1 Å². The predicted molar refractivity (Wildman–Crippen MR) is 93.9 cm³/mol. The van der Waals surface area contributed by atoms with E-state index in [0.717, 1.165) is 16.5 Å². The first-order chi connectivity index (χ1) is 12.3. The highest BCUT2D eigenvalue weighted by atomic mass is 16.5. The van der Waals surface area contributed by atoms with Gasteiger partial charge in [-0.3, -0.25) is 4.98 Å². The fraction of sp³-hybridized carbons (Fsp3) is 0.222. The fourth-order valence-corrected chi connectivity index (χ4v) is 2.37. The molecule has 0 unspecified atom stereocenters. The predicted octanol–water partition coefficient (Wildman–Crippen LogP) is 1.98. The molecule has 0 fully saturated rings. The Morgan fingerprint density at radius 2 is 1.96 bits per heavy atom. The number of ether oxygens (including phenoxy) is 1. The molecule has 0 saturated heterocycles. The summed E-state index contributed by atoms with van der Waals surface area (Å²) in [5.41, 5.74) is 2.16. The van der Waals surface area contributed by atoms with Crippen LogP contribution in [0.25, 0.3) is 22.3 Å². The number of benzene rings is 1. The third-order valence-electron chi connectivity index (χ3n) is 3.54. The van der Waals surface area contributed by atoms with E-state index >= 15 is 0 Å². The highest BCUT2D eigenvalue weighted by Crippen LogP contribution is 2.25. The van der Waals surface area contributed by atoms with Crippen molar-refractivity contribution in [1.29, 1.82) is 5.26 Å².